The van der Waals surface area contributed by atoms with Crippen LogP contribution in [0.2, 0.25) is 0 Å². The molecule has 0 aliphatic heterocycles. The number of nitrogens with zero attached hydrogens (tertiary/aromatic N) is 4. The van der Waals surface area contributed by atoms with Gasteiger partial charge in [0.1, 0.15) is 5.69 Å². The van der Waals surface area contributed by atoms with Crippen LogP contribution in [-0.4, -0.2) is 19.6 Å². The molecule has 2 aromatic rings. The molecule has 0 atom stereocenters. The fourth-order valence-electron chi connectivity index (χ4n) is 1.83. The van der Waals surface area contributed by atoms with E-state index in [0.717, 1.165) is 0 Å². The summed E-state index contributed by atoms with van der Waals surface area (Å²) in [6, 6.07) is 4.30. The van der Waals surface area contributed by atoms with Gasteiger partial charge in [-0.1, -0.05) is 6.07 Å². The summed E-state index contributed by atoms with van der Waals surface area (Å²) in [6.07, 6.45) is 1.54. The minimum atomic E-state index is -0.567. The number of hydrogen-bond donors (Lipinski definition) is 1. The molecule has 0 unspecified atom stereocenters. The third-order valence-electron chi connectivity index (χ3n) is 2.72. The zero-order chi connectivity index (χ0) is 14.9. The van der Waals surface area contributed by atoms with Crippen LogP contribution in [0.5, 0.6) is 0 Å². The Labute approximate surface area is 112 Å². The van der Waals surface area contributed by atoms with Gasteiger partial charge >= 0.3 is 5.82 Å². The summed E-state index contributed by atoms with van der Waals surface area (Å²) in [5, 5.41) is 25.2. The van der Waals surface area contributed by atoms with Gasteiger partial charge in [0.2, 0.25) is 0 Å². The quantitative estimate of drug-likeness (QED) is 0.513. The van der Waals surface area contributed by atoms with E-state index in [1.54, 1.807) is 6.92 Å². The minimum Gasteiger partial charge on any atom is -0.393 e. The van der Waals surface area contributed by atoms with Crippen molar-refractivity contribution in [3.63, 3.8) is 0 Å². The fraction of sp³-hybridized carbons (Fsp3) is 0.182. The van der Waals surface area contributed by atoms with Crippen molar-refractivity contribution in [2.75, 3.05) is 5.73 Å². The minimum absolute atomic E-state index is 0.0471. The van der Waals surface area contributed by atoms with Crippen molar-refractivity contribution in [2.45, 2.75) is 13.5 Å². The predicted octanol–water partition coefficient (Wildman–Crippen LogP) is 1.64. The normalized spacial score (nSPS) is 10.4. The molecule has 0 spiro atoms. The largest absolute Gasteiger partial charge is 0.393 e. The maximum absolute atomic E-state index is 10.7. The molecule has 1 aromatic carbocycles. The van der Waals surface area contributed by atoms with Crippen LogP contribution >= 0.6 is 0 Å². The number of nitrogen functional groups attached to an aromatic ring is 1. The van der Waals surface area contributed by atoms with Gasteiger partial charge in [0.25, 0.3) is 5.69 Å². The van der Waals surface area contributed by atoms with E-state index in [4.69, 9.17) is 5.73 Å². The van der Waals surface area contributed by atoms with E-state index in [1.807, 2.05) is 0 Å². The first kappa shape index (κ1) is 13.5. The average Bonchev–Trinajstić information content (AvgIpc) is 2.70. The number of aromatic nitrogens is 2. The van der Waals surface area contributed by atoms with Gasteiger partial charge in [-0.05, 0) is 23.5 Å². The van der Waals surface area contributed by atoms with Crippen molar-refractivity contribution in [1.82, 2.24) is 9.78 Å². The summed E-state index contributed by atoms with van der Waals surface area (Å²) in [5.74, 6) is -0.208. The molecule has 9 nitrogen and oxygen atoms in total. The van der Waals surface area contributed by atoms with Crippen molar-refractivity contribution in [1.29, 1.82) is 0 Å². The Morgan fingerprint density at radius 3 is 2.50 bits per heavy atom. The molecule has 0 fully saturated rings. The van der Waals surface area contributed by atoms with E-state index < -0.39 is 9.85 Å². The number of benzene rings is 1. The van der Waals surface area contributed by atoms with E-state index in [2.05, 4.69) is 5.10 Å². The molecule has 20 heavy (non-hydrogen) atoms. The lowest BCUT2D eigenvalue weighted by molar-refractivity contribution is -0.390. The topological polar surface area (TPSA) is 130 Å². The Kier molecular flexibility index (Phi) is 3.34. The van der Waals surface area contributed by atoms with E-state index in [0.29, 0.717) is 11.1 Å². The molecule has 104 valence electrons. The molecule has 9 heteroatoms. The summed E-state index contributed by atoms with van der Waals surface area (Å²) >= 11 is 0. The van der Waals surface area contributed by atoms with Crippen LogP contribution in [0.3, 0.4) is 0 Å². The van der Waals surface area contributed by atoms with Crippen molar-refractivity contribution in [3.05, 3.63) is 55.8 Å². The monoisotopic (exact) mass is 277 g/mol. The number of nitro groups is 2. The molecule has 0 amide bonds. The lowest BCUT2D eigenvalue weighted by Crippen LogP contribution is -2.03. The van der Waals surface area contributed by atoms with Crippen molar-refractivity contribution >= 4 is 17.2 Å². The summed E-state index contributed by atoms with van der Waals surface area (Å²) in [7, 11) is 0. The van der Waals surface area contributed by atoms with Crippen LogP contribution < -0.4 is 5.73 Å². The van der Waals surface area contributed by atoms with Gasteiger partial charge in [-0.15, -0.1) is 0 Å². The van der Waals surface area contributed by atoms with Gasteiger partial charge in [-0.25, -0.2) is 0 Å². The number of nitrogens with two attached hydrogens (primary N) is 1. The molecule has 1 heterocycles. The van der Waals surface area contributed by atoms with Crippen LogP contribution in [0.4, 0.5) is 17.2 Å². The van der Waals surface area contributed by atoms with Crippen molar-refractivity contribution in [2.24, 2.45) is 0 Å². The Morgan fingerprint density at radius 2 is 2.00 bits per heavy atom. The van der Waals surface area contributed by atoms with Crippen LogP contribution in [0, 0.1) is 27.2 Å². The second kappa shape index (κ2) is 4.96. The van der Waals surface area contributed by atoms with Crippen LogP contribution in [0.1, 0.15) is 11.1 Å². The van der Waals surface area contributed by atoms with E-state index >= 15 is 0 Å². The third kappa shape index (κ3) is 2.55. The van der Waals surface area contributed by atoms with Crippen LogP contribution in [0.25, 0.3) is 0 Å². The SMILES string of the molecule is Cc1cn(Cc2ccc([N+](=O)[O-])c(N)c2)nc1[N+](=O)[O-]. The van der Waals surface area contributed by atoms with E-state index in [-0.39, 0.29) is 23.7 Å². The highest BCUT2D eigenvalue weighted by Crippen LogP contribution is 2.23. The number of nitro benzene ring substituents is 1. The highest BCUT2D eigenvalue weighted by molar-refractivity contribution is 5.59. The molecule has 0 saturated heterocycles. The zero-order valence-corrected chi connectivity index (χ0v) is 10.5. The van der Waals surface area contributed by atoms with Gasteiger partial charge in [-0.3, -0.25) is 10.1 Å². The number of hydrogen-bond acceptors (Lipinski definition) is 6. The van der Waals surface area contributed by atoms with Gasteiger partial charge in [-0.2, -0.15) is 4.68 Å². The standard InChI is InChI=1S/C11H11N5O4/c1-7-5-14(13-11(7)16(19)20)6-8-2-3-10(15(17)18)9(12)4-8/h2-5H,6,12H2,1H3. The van der Waals surface area contributed by atoms with Gasteiger partial charge in [0.05, 0.1) is 28.3 Å². The lowest BCUT2D eigenvalue weighted by atomic mass is 10.2. The molecule has 1 aromatic heterocycles. The summed E-state index contributed by atoms with van der Waals surface area (Å²) < 4.78 is 1.40. The summed E-state index contributed by atoms with van der Waals surface area (Å²) in [4.78, 5) is 20.2. The molecule has 0 saturated carbocycles. The summed E-state index contributed by atoms with van der Waals surface area (Å²) in [6.45, 7) is 1.84. The van der Waals surface area contributed by atoms with Gasteiger partial charge < -0.3 is 15.8 Å². The fourth-order valence-corrected chi connectivity index (χ4v) is 1.83. The second-order valence-electron chi connectivity index (χ2n) is 4.24. The Balaban J connectivity index is 2.26. The maximum atomic E-state index is 10.7. The molecule has 0 radical (unpaired) electrons. The average molecular weight is 277 g/mol. The van der Waals surface area contributed by atoms with E-state index in [9.17, 15) is 20.2 Å². The molecular weight excluding hydrogens is 266 g/mol. The highest BCUT2D eigenvalue weighted by atomic mass is 16.6. The zero-order valence-electron chi connectivity index (χ0n) is 10.5. The van der Waals surface area contributed by atoms with Crippen LogP contribution in [0.15, 0.2) is 24.4 Å². The van der Waals surface area contributed by atoms with Crippen molar-refractivity contribution in [3.8, 4) is 0 Å². The lowest BCUT2D eigenvalue weighted by Gasteiger charge is -2.01. The van der Waals surface area contributed by atoms with Crippen molar-refractivity contribution < 1.29 is 9.85 Å². The molecular formula is C11H11N5O4. The molecule has 2 rings (SSSR count). The number of anilines is 1. The smallest absolute Gasteiger partial charge is 0.392 e. The molecule has 0 aliphatic carbocycles. The van der Waals surface area contributed by atoms with Gasteiger partial charge in [0, 0.05) is 6.07 Å². The molecule has 0 bridgehead atoms. The number of aryl methyl sites for hydroxylation is 1. The molecule has 2 N–H and O–H groups in total. The second-order valence-corrected chi connectivity index (χ2v) is 4.24. The third-order valence-corrected chi connectivity index (χ3v) is 2.72. The summed E-state index contributed by atoms with van der Waals surface area (Å²) in [5.41, 5.74) is 6.58. The number of rotatable bonds is 4. The van der Waals surface area contributed by atoms with Gasteiger partial charge in [0.15, 0.2) is 0 Å². The first-order chi connectivity index (χ1) is 9.38. The van der Waals surface area contributed by atoms with E-state index in [1.165, 1.54) is 29.1 Å². The Hall–Kier alpha value is -2.97. The first-order valence-electron chi connectivity index (χ1n) is 5.59. The Bertz CT molecular complexity index is 694. The van der Waals surface area contributed by atoms with Crippen LogP contribution in [-0.2, 0) is 6.54 Å². The maximum Gasteiger partial charge on any atom is 0.392 e. The highest BCUT2D eigenvalue weighted by Gasteiger charge is 2.18. The Morgan fingerprint density at radius 1 is 1.30 bits per heavy atom. The predicted molar refractivity (Wildman–Crippen MR) is 70.2 cm³/mol. The first-order valence-corrected chi connectivity index (χ1v) is 5.59. The molecule has 0 aliphatic rings.